The molecule has 0 amide bonds. The quantitative estimate of drug-likeness (QED) is 0.477. The van der Waals surface area contributed by atoms with E-state index in [0.717, 1.165) is 36.7 Å². The van der Waals surface area contributed by atoms with Gasteiger partial charge in [-0.25, -0.2) is 0 Å². The monoisotopic (exact) mass is 344 g/mol. The topological polar surface area (TPSA) is 25.8 Å². The maximum absolute atomic E-state index is 4.58. The first-order chi connectivity index (χ1) is 12.4. The summed E-state index contributed by atoms with van der Waals surface area (Å²) in [5.74, 6) is 0. The van der Waals surface area contributed by atoms with Crippen molar-refractivity contribution in [2.24, 2.45) is 0 Å². The van der Waals surface area contributed by atoms with Gasteiger partial charge < -0.3 is 0 Å². The van der Waals surface area contributed by atoms with Crippen LogP contribution in [-0.4, -0.2) is 8.75 Å². The van der Waals surface area contributed by atoms with E-state index in [0.29, 0.717) is 0 Å². The molecule has 0 saturated carbocycles. The molecule has 0 spiro atoms. The van der Waals surface area contributed by atoms with Gasteiger partial charge in [-0.05, 0) is 47.9 Å². The van der Waals surface area contributed by atoms with Gasteiger partial charge in [-0.1, -0.05) is 72.8 Å². The van der Waals surface area contributed by atoms with E-state index in [1.807, 2.05) is 0 Å². The number of hydrogen-bond donors (Lipinski definition) is 0. The van der Waals surface area contributed by atoms with Crippen molar-refractivity contribution >= 4 is 22.8 Å². The van der Waals surface area contributed by atoms with Crippen molar-refractivity contribution < 1.29 is 0 Å². The van der Waals surface area contributed by atoms with Crippen LogP contribution in [0, 0.1) is 0 Å². The molecule has 0 aliphatic heterocycles. The predicted molar refractivity (Wildman–Crippen MR) is 105 cm³/mol. The lowest BCUT2D eigenvalue weighted by molar-refractivity contribution is 0.951. The van der Waals surface area contributed by atoms with Crippen molar-refractivity contribution in [1.29, 1.82) is 0 Å². The Balaban J connectivity index is 1.52. The van der Waals surface area contributed by atoms with Crippen LogP contribution >= 0.6 is 11.7 Å². The summed E-state index contributed by atoms with van der Waals surface area (Å²) in [6.07, 6.45) is 4.09. The van der Waals surface area contributed by atoms with E-state index >= 15 is 0 Å². The second kappa shape index (κ2) is 7.58. The van der Waals surface area contributed by atoms with E-state index in [1.54, 1.807) is 0 Å². The van der Waals surface area contributed by atoms with Gasteiger partial charge in [-0.15, -0.1) is 0 Å². The molecule has 3 heteroatoms. The molecule has 1 aromatic heterocycles. The minimum Gasteiger partial charge on any atom is -0.173 e. The Kier molecular flexibility index (Phi) is 4.84. The molecular weight excluding hydrogens is 324 g/mol. The van der Waals surface area contributed by atoms with E-state index < -0.39 is 0 Å². The van der Waals surface area contributed by atoms with Gasteiger partial charge in [0.25, 0.3) is 0 Å². The molecule has 0 fully saturated rings. The molecule has 1 heterocycles. The number of nitrogens with zero attached hydrogens (tertiary/aromatic N) is 2. The SMILES string of the molecule is c1ccc(CCc2ccc(CCc3ccccc3)c3nsnc23)cc1. The summed E-state index contributed by atoms with van der Waals surface area (Å²) >= 11 is 1.32. The summed E-state index contributed by atoms with van der Waals surface area (Å²) in [7, 11) is 0. The zero-order chi connectivity index (χ0) is 16.9. The van der Waals surface area contributed by atoms with E-state index in [2.05, 4.69) is 81.5 Å². The van der Waals surface area contributed by atoms with E-state index in [-0.39, 0.29) is 0 Å². The van der Waals surface area contributed by atoms with Crippen molar-refractivity contribution in [3.63, 3.8) is 0 Å². The average Bonchev–Trinajstić information content (AvgIpc) is 3.17. The standard InChI is InChI=1S/C22H20N2S/c1-3-7-17(8-4-1)11-13-19-15-16-20(22-21(19)23-25-24-22)14-12-18-9-5-2-6-10-18/h1-10,15-16H,11-14H2. The molecule has 0 N–H and O–H groups in total. The molecule has 0 saturated heterocycles. The van der Waals surface area contributed by atoms with Crippen LogP contribution in [0.15, 0.2) is 72.8 Å². The maximum Gasteiger partial charge on any atom is 0.108 e. The molecule has 4 aromatic rings. The van der Waals surface area contributed by atoms with Crippen molar-refractivity contribution in [1.82, 2.24) is 8.75 Å². The number of aromatic nitrogens is 2. The molecule has 3 aromatic carbocycles. The van der Waals surface area contributed by atoms with Crippen LogP contribution in [0.4, 0.5) is 0 Å². The number of hydrogen-bond acceptors (Lipinski definition) is 3. The number of benzene rings is 3. The van der Waals surface area contributed by atoms with Gasteiger partial charge >= 0.3 is 0 Å². The number of aryl methyl sites for hydroxylation is 4. The Morgan fingerprint density at radius 1 is 0.520 bits per heavy atom. The Hall–Kier alpha value is -2.52. The highest BCUT2D eigenvalue weighted by Crippen LogP contribution is 2.24. The Labute approximate surface area is 152 Å². The van der Waals surface area contributed by atoms with Crippen molar-refractivity contribution in [3.8, 4) is 0 Å². The van der Waals surface area contributed by atoms with Crippen LogP contribution in [-0.2, 0) is 25.7 Å². The van der Waals surface area contributed by atoms with Crippen molar-refractivity contribution in [2.75, 3.05) is 0 Å². The molecule has 25 heavy (non-hydrogen) atoms. The third-order valence-electron chi connectivity index (χ3n) is 4.63. The first-order valence-electron chi connectivity index (χ1n) is 8.71. The molecule has 0 atom stereocenters. The smallest absolute Gasteiger partial charge is 0.108 e. The highest BCUT2D eigenvalue weighted by atomic mass is 32.1. The molecule has 2 nitrogen and oxygen atoms in total. The van der Waals surface area contributed by atoms with E-state index in [9.17, 15) is 0 Å². The lowest BCUT2D eigenvalue weighted by Gasteiger charge is -2.07. The van der Waals surface area contributed by atoms with Gasteiger partial charge in [0.15, 0.2) is 0 Å². The summed E-state index contributed by atoms with van der Waals surface area (Å²) in [5.41, 5.74) is 7.52. The number of rotatable bonds is 6. The van der Waals surface area contributed by atoms with Crippen LogP contribution in [0.25, 0.3) is 11.0 Å². The largest absolute Gasteiger partial charge is 0.173 e. The van der Waals surface area contributed by atoms with Gasteiger partial charge in [0.2, 0.25) is 0 Å². The molecule has 0 aliphatic rings. The van der Waals surface area contributed by atoms with Gasteiger partial charge in [0.1, 0.15) is 11.0 Å². The van der Waals surface area contributed by atoms with E-state index in [4.69, 9.17) is 0 Å². The van der Waals surface area contributed by atoms with Crippen LogP contribution < -0.4 is 0 Å². The fraction of sp³-hybridized carbons (Fsp3) is 0.182. The molecular formula is C22H20N2S. The molecule has 124 valence electrons. The molecule has 0 aliphatic carbocycles. The summed E-state index contributed by atoms with van der Waals surface area (Å²) in [6.45, 7) is 0. The average molecular weight is 344 g/mol. The summed E-state index contributed by atoms with van der Waals surface area (Å²) < 4.78 is 9.15. The zero-order valence-corrected chi connectivity index (χ0v) is 14.9. The predicted octanol–water partition coefficient (Wildman–Crippen LogP) is 5.26. The zero-order valence-electron chi connectivity index (χ0n) is 14.1. The summed E-state index contributed by atoms with van der Waals surface area (Å²) in [5, 5.41) is 0. The third kappa shape index (κ3) is 3.77. The van der Waals surface area contributed by atoms with Gasteiger partial charge in [-0.2, -0.15) is 8.75 Å². The third-order valence-corrected chi connectivity index (χ3v) is 5.16. The van der Waals surface area contributed by atoms with Gasteiger partial charge in [0.05, 0.1) is 11.7 Å². The van der Waals surface area contributed by atoms with Gasteiger partial charge in [-0.3, -0.25) is 0 Å². The van der Waals surface area contributed by atoms with E-state index in [1.165, 1.54) is 34.0 Å². The fourth-order valence-corrected chi connectivity index (χ4v) is 3.83. The minimum absolute atomic E-state index is 1.00. The lowest BCUT2D eigenvalue weighted by Crippen LogP contribution is -1.97. The first kappa shape index (κ1) is 16.0. The first-order valence-corrected chi connectivity index (χ1v) is 9.44. The second-order valence-electron chi connectivity index (χ2n) is 6.32. The normalized spacial score (nSPS) is 11.0. The Morgan fingerprint density at radius 2 is 0.960 bits per heavy atom. The molecule has 0 bridgehead atoms. The van der Waals surface area contributed by atoms with Crippen LogP contribution in [0.2, 0.25) is 0 Å². The lowest BCUT2D eigenvalue weighted by atomic mass is 9.98. The maximum atomic E-state index is 4.58. The van der Waals surface area contributed by atoms with Crippen molar-refractivity contribution in [3.05, 3.63) is 95.1 Å². The van der Waals surface area contributed by atoms with Crippen LogP contribution in [0.5, 0.6) is 0 Å². The fourth-order valence-electron chi connectivity index (χ4n) is 3.22. The number of fused-ring (bicyclic) bond motifs is 1. The molecule has 0 unspecified atom stereocenters. The minimum atomic E-state index is 1.00. The van der Waals surface area contributed by atoms with Crippen LogP contribution in [0.3, 0.4) is 0 Å². The second-order valence-corrected chi connectivity index (χ2v) is 6.84. The molecule has 0 radical (unpaired) electrons. The highest BCUT2D eigenvalue weighted by molar-refractivity contribution is 7.00. The molecule has 4 rings (SSSR count). The Morgan fingerprint density at radius 3 is 1.40 bits per heavy atom. The van der Waals surface area contributed by atoms with Crippen molar-refractivity contribution in [2.45, 2.75) is 25.7 Å². The van der Waals surface area contributed by atoms with Crippen LogP contribution in [0.1, 0.15) is 22.3 Å². The highest BCUT2D eigenvalue weighted by Gasteiger charge is 2.10. The summed E-state index contributed by atoms with van der Waals surface area (Å²) in [4.78, 5) is 0. The summed E-state index contributed by atoms with van der Waals surface area (Å²) in [6, 6.07) is 25.8. The Bertz CT molecular complexity index is 868. The van der Waals surface area contributed by atoms with Gasteiger partial charge in [0, 0.05) is 0 Å².